The number of carbonyl (C=O) groups excluding carboxylic acids is 2. The lowest BCUT2D eigenvalue weighted by atomic mass is 10.0. The van der Waals surface area contributed by atoms with Gasteiger partial charge in [-0.15, -0.1) is 0 Å². The zero-order chi connectivity index (χ0) is 30.1. The van der Waals surface area contributed by atoms with E-state index in [0.717, 1.165) is 11.6 Å². The van der Waals surface area contributed by atoms with E-state index < -0.39 is 23.6 Å². The van der Waals surface area contributed by atoms with Crippen LogP contribution in [0.25, 0.3) is 11.8 Å². The zero-order valence-electron chi connectivity index (χ0n) is 23.7. The average molecular weight is 569 g/mol. The molecule has 0 fully saturated rings. The number of ether oxygens (including phenoxy) is 3. The van der Waals surface area contributed by atoms with Crippen molar-refractivity contribution in [2.24, 2.45) is 0 Å². The van der Waals surface area contributed by atoms with Gasteiger partial charge in [0.25, 0.3) is 5.91 Å². The third kappa shape index (κ3) is 5.59. The van der Waals surface area contributed by atoms with Crippen molar-refractivity contribution < 1.29 is 37.0 Å². The predicted octanol–water partition coefficient (Wildman–Crippen LogP) is 6.05. The summed E-state index contributed by atoms with van der Waals surface area (Å²) in [5, 5.41) is 0. The Hall–Kier alpha value is -4.47. The molecule has 2 aromatic carbocycles. The number of halogens is 3. The maximum atomic E-state index is 13.8. The zero-order valence-corrected chi connectivity index (χ0v) is 23.7. The van der Waals surface area contributed by atoms with Gasteiger partial charge in [0.05, 0.1) is 43.7 Å². The van der Waals surface area contributed by atoms with Gasteiger partial charge in [0.1, 0.15) is 0 Å². The van der Waals surface area contributed by atoms with Gasteiger partial charge in [-0.05, 0) is 74.7 Å². The highest BCUT2D eigenvalue weighted by Crippen LogP contribution is 2.37. The molecule has 0 radical (unpaired) electrons. The molecule has 1 aromatic heterocycles. The lowest BCUT2D eigenvalue weighted by Gasteiger charge is -2.18. The minimum Gasteiger partial charge on any atom is -0.493 e. The first-order valence-corrected chi connectivity index (χ1v) is 12.8. The summed E-state index contributed by atoms with van der Waals surface area (Å²) in [7, 11) is 4.32. The van der Waals surface area contributed by atoms with Crippen LogP contribution in [0.15, 0.2) is 65.4 Å². The van der Waals surface area contributed by atoms with Crippen LogP contribution in [0.3, 0.4) is 0 Å². The summed E-state index contributed by atoms with van der Waals surface area (Å²) in [5.41, 5.74) is 2.32. The van der Waals surface area contributed by atoms with Crippen LogP contribution in [-0.4, -0.2) is 49.2 Å². The third-order valence-corrected chi connectivity index (χ3v) is 7.19. The highest BCUT2D eigenvalue weighted by Gasteiger charge is 2.37. The molecule has 10 heteroatoms. The van der Waals surface area contributed by atoms with E-state index in [2.05, 4.69) is 0 Å². The summed E-state index contributed by atoms with van der Waals surface area (Å²) in [6, 6.07) is 12.5. The number of amides is 1. The van der Waals surface area contributed by atoms with Crippen LogP contribution in [0.2, 0.25) is 0 Å². The second kappa shape index (κ2) is 11.6. The maximum absolute atomic E-state index is 13.8. The van der Waals surface area contributed by atoms with Gasteiger partial charge >= 0.3 is 12.1 Å². The first-order chi connectivity index (χ1) is 19.4. The van der Waals surface area contributed by atoms with Crippen LogP contribution < -0.4 is 9.47 Å². The number of aromatic nitrogens is 1. The molecule has 7 nitrogen and oxygen atoms in total. The smallest absolute Gasteiger partial charge is 0.418 e. The Labute approximate surface area is 236 Å². The molecule has 0 saturated heterocycles. The highest BCUT2D eigenvalue weighted by atomic mass is 19.4. The lowest BCUT2D eigenvalue weighted by molar-refractivity contribution is -0.137. The van der Waals surface area contributed by atoms with Crippen LogP contribution >= 0.6 is 0 Å². The highest BCUT2D eigenvalue weighted by molar-refractivity contribution is 6.16. The minimum absolute atomic E-state index is 0.0196. The first kappa shape index (κ1) is 29.5. The molecule has 0 bridgehead atoms. The molecule has 3 aromatic rings. The normalized spacial score (nSPS) is 14.7. The van der Waals surface area contributed by atoms with Crippen molar-refractivity contribution >= 4 is 18.0 Å². The van der Waals surface area contributed by atoms with Crippen molar-refractivity contribution in [1.29, 1.82) is 0 Å². The summed E-state index contributed by atoms with van der Waals surface area (Å²) < 4.78 is 58.5. The van der Waals surface area contributed by atoms with Crippen molar-refractivity contribution in [2.75, 3.05) is 27.9 Å². The molecule has 0 saturated carbocycles. The number of hydrogen-bond donors (Lipinski definition) is 0. The van der Waals surface area contributed by atoms with Crippen molar-refractivity contribution in [3.8, 4) is 17.2 Å². The fraction of sp³-hybridized carbons (Fsp3) is 0.290. The Balaban J connectivity index is 1.72. The number of alkyl halides is 3. The van der Waals surface area contributed by atoms with E-state index in [9.17, 15) is 22.8 Å². The summed E-state index contributed by atoms with van der Waals surface area (Å²) in [5.74, 6) is 0.0670. The van der Waals surface area contributed by atoms with E-state index >= 15 is 0 Å². The lowest BCUT2D eigenvalue weighted by Crippen LogP contribution is -2.27. The maximum Gasteiger partial charge on any atom is 0.418 e. The van der Waals surface area contributed by atoms with Crippen LogP contribution in [0.1, 0.15) is 35.0 Å². The van der Waals surface area contributed by atoms with Gasteiger partial charge in [0.2, 0.25) is 0 Å². The number of methoxy groups -OCH3 is 3. The largest absolute Gasteiger partial charge is 0.493 e. The third-order valence-electron chi connectivity index (χ3n) is 7.19. The Kier molecular flexibility index (Phi) is 8.32. The van der Waals surface area contributed by atoms with Gasteiger partial charge < -0.3 is 23.7 Å². The average Bonchev–Trinajstić information content (AvgIpc) is 3.36. The van der Waals surface area contributed by atoms with E-state index in [4.69, 9.17) is 14.2 Å². The molecule has 0 aliphatic carbocycles. The predicted molar refractivity (Wildman–Crippen MR) is 148 cm³/mol. The number of aryl methyl sites for hydroxylation is 1. The fourth-order valence-electron chi connectivity index (χ4n) is 5.14. The van der Waals surface area contributed by atoms with Gasteiger partial charge in [-0.25, -0.2) is 4.79 Å². The van der Waals surface area contributed by atoms with E-state index in [-0.39, 0.29) is 23.4 Å². The molecule has 41 heavy (non-hydrogen) atoms. The molecule has 1 aliphatic heterocycles. The van der Waals surface area contributed by atoms with Crippen LogP contribution in [-0.2, 0) is 26.9 Å². The van der Waals surface area contributed by atoms with Crippen LogP contribution in [0.4, 0.5) is 13.2 Å². The standard InChI is InChI=1S/C31H31F3N2O5/c1-18-15-22(19(2)36(18)25-10-8-7-9-24(25)31(32,33)34)17-23-28(30(38)41-6)20(3)35(29(23)37)14-13-21-11-12-26(39-4)27(16-21)40-5/h7-12,15-17H,13-14H2,1-6H3/b23-17-. The van der Waals surface area contributed by atoms with Gasteiger partial charge in [-0.1, -0.05) is 18.2 Å². The number of hydrogen-bond acceptors (Lipinski definition) is 5. The van der Waals surface area contributed by atoms with E-state index in [1.807, 2.05) is 12.1 Å². The van der Waals surface area contributed by atoms with Crippen molar-refractivity contribution in [3.05, 3.63) is 93.5 Å². The Morgan fingerprint density at radius 2 is 1.63 bits per heavy atom. The summed E-state index contributed by atoms with van der Waals surface area (Å²) in [6.45, 7) is 5.31. The van der Waals surface area contributed by atoms with Crippen LogP contribution in [0.5, 0.6) is 11.5 Å². The quantitative estimate of drug-likeness (QED) is 0.245. The molecule has 216 valence electrons. The van der Waals surface area contributed by atoms with Gasteiger partial charge in [-0.2, -0.15) is 13.2 Å². The molecule has 4 rings (SSSR count). The number of allylic oxidation sites excluding steroid dienone is 1. The number of esters is 1. The van der Waals surface area contributed by atoms with Crippen molar-refractivity contribution in [3.63, 3.8) is 0 Å². The monoisotopic (exact) mass is 568 g/mol. The van der Waals surface area contributed by atoms with E-state index in [1.165, 1.54) is 35.8 Å². The molecule has 0 unspecified atom stereocenters. The van der Waals surface area contributed by atoms with E-state index in [0.29, 0.717) is 40.6 Å². The fourth-order valence-corrected chi connectivity index (χ4v) is 5.14. The molecule has 2 heterocycles. The SMILES string of the molecule is COC(=O)C1=C(C)N(CCc2ccc(OC)c(OC)c2)C(=O)/C1=C\c1cc(C)n(-c2ccccc2C(F)(F)F)c1C. The molecular formula is C31H31F3N2O5. The molecule has 1 amide bonds. The second-order valence-electron chi connectivity index (χ2n) is 9.58. The molecular weight excluding hydrogens is 537 g/mol. The van der Waals surface area contributed by atoms with Gasteiger partial charge in [0.15, 0.2) is 11.5 Å². The number of rotatable bonds is 8. The molecule has 0 spiro atoms. The second-order valence-corrected chi connectivity index (χ2v) is 9.58. The number of benzene rings is 2. The minimum atomic E-state index is -4.55. The molecule has 0 N–H and O–H groups in total. The van der Waals surface area contributed by atoms with Gasteiger partial charge in [0, 0.05) is 23.6 Å². The van der Waals surface area contributed by atoms with Crippen molar-refractivity contribution in [2.45, 2.75) is 33.4 Å². The Morgan fingerprint density at radius 3 is 2.27 bits per heavy atom. The topological polar surface area (TPSA) is 70.0 Å². The number of nitrogens with zero attached hydrogens (tertiary/aromatic N) is 2. The first-order valence-electron chi connectivity index (χ1n) is 12.8. The molecule has 0 atom stereocenters. The molecule has 1 aliphatic rings. The van der Waals surface area contributed by atoms with Gasteiger partial charge in [-0.3, -0.25) is 4.79 Å². The van der Waals surface area contributed by atoms with Crippen LogP contribution in [0, 0.1) is 13.8 Å². The Bertz CT molecular complexity index is 1570. The van der Waals surface area contributed by atoms with E-state index in [1.54, 1.807) is 52.2 Å². The Morgan fingerprint density at radius 1 is 0.951 bits per heavy atom. The number of para-hydroxylation sites is 1. The summed E-state index contributed by atoms with van der Waals surface area (Å²) in [4.78, 5) is 28.0. The van der Waals surface area contributed by atoms with Crippen molar-refractivity contribution in [1.82, 2.24) is 9.47 Å². The number of carbonyl (C=O) groups is 2. The summed E-state index contributed by atoms with van der Waals surface area (Å²) >= 11 is 0. The summed E-state index contributed by atoms with van der Waals surface area (Å²) in [6.07, 6.45) is -2.54.